The molecule has 2 heterocycles. The van der Waals surface area contributed by atoms with Crippen LogP contribution in [0.3, 0.4) is 0 Å². The molecule has 0 saturated heterocycles. The summed E-state index contributed by atoms with van der Waals surface area (Å²) in [7, 11) is 1.65. The van der Waals surface area contributed by atoms with Crippen LogP contribution in [0.15, 0.2) is 47.5 Å². The Morgan fingerprint density at radius 3 is 3.05 bits per heavy atom. The highest BCUT2D eigenvalue weighted by atomic mass is 32.2. The van der Waals surface area contributed by atoms with Crippen LogP contribution in [-0.4, -0.2) is 17.8 Å². The molecule has 1 aromatic carbocycles. The number of fused-ring (bicyclic) bond motifs is 1. The zero-order valence-electron chi connectivity index (χ0n) is 10.8. The van der Waals surface area contributed by atoms with Crippen LogP contribution in [0.25, 0.3) is 0 Å². The summed E-state index contributed by atoms with van der Waals surface area (Å²) in [4.78, 5) is 5.60. The molecular formula is C15H16N2OS. The highest BCUT2D eigenvalue weighted by molar-refractivity contribution is 7.99. The third kappa shape index (κ3) is 2.54. The van der Waals surface area contributed by atoms with Crippen LogP contribution in [0.5, 0.6) is 5.88 Å². The monoisotopic (exact) mass is 272 g/mol. The second-order valence-electron chi connectivity index (χ2n) is 4.43. The van der Waals surface area contributed by atoms with E-state index in [1.165, 1.54) is 10.5 Å². The van der Waals surface area contributed by atoms with E-state index >= 15 is 0 Å². The van der Waals surface area contributed by atoms with Gasteiger partial charge in [-0.25, -0.2) is 4.98 Å². The number of anilines is 1. The van der Waals surface area contributed by atoms with Crippen LogP contribution in [0.1, 0.15) is 18.0 Å². The molecule has 19 heavy (non-hydrogen) atoms. The predicted octanol–water partition coefficient (Wildman–Crippen LogP) is 3.74. The molecule has 3 rings (SSSR count). The van der Waals surface area contributed by atoms with Crippen molar-refractivity contribution in [1.82, 2.24) is 4.98 Å². The van der Waals surface area contributed by atoms with Gasteiger partial charge in [0.2, 0.25) is 5.88 Å². The van der Waals surface area contributed by atoms with Crippen LogP contribution in [-0.2, 0) is 0 Å². The molecule has 0 spiro atoms. The summed E-state index contributed by atoms with van der Waals surface area (Å²) >= 11 is 1.93. The van der Waals surface area contributed by atoms with Crippen molar-refractivity contribution in [3.63, 3.8) is 0 Å². The molecule has 1 aliphatic rings. The quantitative estimate of drug-likeness (QED) is 0.923. The van der Waals surface area contributed by atoms with Gasteiger partial charge in [-0.2, -0.15) is 0 Å². The Kier molecular flexibility index (Phi) is 3.60. The number of aromatic nitrogens is 1. The standard InChI is InChI=1S/C15H16N2OS/c1-18-15-13(6-4-9-16-15)17-12-8-10-19-14-7-3-2-5-11(12)14/h2-7,9,12,17H,8,10H2,1H3. The number of methoxy groups -OCH3 is 1. The van der Waals surface area contributed by atoms with Crippen molar-refractivity contribution in [1.29, 1.82) is 0 Å². The second-order valence-corrected chi connectivity index (χ2v) is 5.57. The zero-order chi connectivity index (χ0) is 13.1. The number of hydrogen-bond donors (Lipinski definition) is 1. The lowest BCUT2D eigenvalue weighted by Crippen LogP contribution is -2.16. The topological polar surface area (TPSA) is 34.1 Å². The van der Waals surface area contributed by atoms with Gasteiger partial charge >= 0.3 is 0 Å². The Balaban J connectivity index is 1.88. The van der Waals surface area contributed by atoms with E-state index in [1.54, 1.807) is 13.3 Å². The first-order valence-electron chi connectivity index (χ1n) is 6.36. The first-order valence-corrected chi connectivity index (χ1v) is 7.34. The van der Waals surface area contributed by atoms with Crippen LogP contribution in [0, 0.1) is 0 Å². The third-order valence-electron chi connectivity index (χ3n) is 3.25. The summed E-state index contributed by atoms with van der Waals surface area (Å²) in [6.45, 7) is 0. The average molecular weight is 272 g/mol. The molecule has 1 N–H and O–H groups in total. The molecular weight excluding hydrogens is 256 g/mol. The normalized spacial score (nSPS) is 17.6. The van der Waals surface area contributed by atoms with Gasteiger partial charge in [-0.05, 0) is 30.2 Å². The van der Waals surface area contributed by atoms with Gasteiger partial charge < -0.3 is 10.1 Å². The van der Waals surface area contributed by atoms with E-state index < -0.39 is 0 Å². The highest BCUT2D eigenvalue weighted by Crippen LogP contribution is 2.38. The Hall–Kier alpha value is -1.68. The fourth-order valence-corrected chi connectivity index (χ4v) is 3.47. The van der Waals surface area contributed by atoms with Crippen LogP contribution in [0.4, 0.5) is 5.69 Å². The summed E-state index contributed by atoms with van der Waals surface area (Å²) in [5, 5.41) is 3.56. The van der Waals surface area contributed by atoms with Crippen molar-refractivity contribution < 1.29 is 4.74 Å². The van der Waals surface area contributed by atoms with Crippen LogP contribution < -0.4 is 10.1 Å². The number of hydrogen-bond acceptors (Lipinski definition) is 4. The summed E-state index contributed by atoms with van der Waals surface area (Å²) in [5.74, 6) is 1.79. The summed E-state index contributed by atoms with van der Waals surface area (Å²) in [6, 6.07) is 12.8. The fraction of sp³-hybridized carbons (Fsp3) is 0.267. The molecule has 0 fully saturated rings. The minimum Gasteiger partial charge on any atom is -0.480 e. The molecule has 0 aliphatic carbocycles. The Morgan fingerprint density at radius 1 is 1.26 bits per heavy atom. The highest BCUT2D eigenvalue weighted by Gasteiger charge is 2.21. The molecule has 1 unspecified atom stereocenters. The number of rotatable bonds is 3. The van der Waals surface area contributed by atoms with E-state index in [-0.39, 0.29) is 0 Å². The molecule has 0 amide bonds. The molecule has 0 bridgehead atoms. The van der Waals surface area contributed by atoms with E-state index in [2.05, 4.69) is 34.6 Å². The lowest BCUT2D eigenvalue weighted by atomic mass is 10.0. The summed E-state index contributed by atoms with van der Waals surface area (Å²) in [6.07, 6.45) is 2.86. The SMILES string of the molecule is COc1ncccc1NC1CCSc2ccccc21. The Morgan fingerprint density at radius 2 is 2.16 bits per heavy atom. The smallest absolute Gasteiger partial charge is 0.237 e. The molecule has 1 aromatic heterocycles. The number of nitrogens with one attached hydrogen (secondary N) is 1. The van der Waals surface area contributed by atoms with Gasteiger partial charge in [-0.1, -0.05) is 18.2 Å². The van der Waals surface area contributed by atoms with E-state index in [0.29, 0.717) is 11.9 Å². The second kappa shape index (κ2) is 5.53. The molecule has 2 aromatic rings. The average Bonchev–Trinajstić information content (AvgIpc) is 2.48. The van der Waals surface area contributed by atoms with Gasteiger partial charge in [0.25, 0.3) is 0 Å². The Labute approximate surface area is 117 Å². The number of nitrogens with zero attached hydrogens (tertiary/aromatic N) is 1. The van der Waals surface area contributed by atoms with E-state index in [1.807, 2.05) is 23.9 Å². The maximum absolute atomic E-state index is 5.30. The molecule has 1 aliphatic heterocycles. The Bertz CT molecular complexity index is 574. The number of thioether (sulfide) groups is 1. The number of benzene rings is 1. The van der Waals surface area contributed by atoms with E-state index in [9.17, 15) is 0 Å². The van der Waals surface area contributed by atoms with E-state index in [4.69, 9.17) is 4.74 Å². The van der Waals surface area contributed by atoms with Crippen molar-refractivity contribution in [2.24, 2.45) is 0 Å². The van der Waals surface area contributed by atoms with Crippen LogP contribution in [0.2, 0.25) is 0 Å². The number of ether oxygens (including phenoxy) is 1. The fourth-order valence-electron chi connectivity index (χ4n) is 2.34. The van der Waals surface area contributed by atoms with Gasteiger partial charge in [0, 0.05) is 16.8 Å². The van der Waals surface area contributed by atoms with Crippen molar-refractivity contribution in [2.45, 2.75) is 17.4 Å². The lowest BCUT2D eigenvalue weighted by molar-refractivity contribution is 0.399. The molecule has 0 saturated carbocycles. The van der Waals surface area contributed by atoms with Gasteiger partial charge in [-0.3, -0.25) is 0 Å². The maximum Gasteiger partial charge on any atom is 0.237 e. The lowest BCUT2D eigenvalue weighted by Gasteiger charge is -2.27. The van der Waals surface area contributed by atoms with Crippen molar-refractivity contribution >= 4 is 17.4 Å². The van der Waals surface area contributed by atoms with Gasteiger partial charge in [0.15, 0.2) is 0 Å². The summed E-state index contributed by atoms with van der Waals surface area (Å²) < 4.78 is 5.30. The zero-order valence-corrected chi connectivity index (χ0v) is 11.6. The van der Waals surface area contributed by atoms with Gasteiger partial charge in [0.05, 0.1) is 18.8 Å². The number of pyridine rings is 1. The first kappa shape index (κ1) is 12.4. The van der Waals surface area contributed by atoms with Gasteiger partial charge in [0.1, 0.15) is 0 Å². The maximum atomic E-state index is 5.30. The third-order valence-corrected chi connectivity index (χ3v) is 4.38. The minimum absolute atomic E-state index is 0.329. The first-order chi connectivity index (χ1) is 9.38. The van der Waals surface area contributed by atoms with Gasteiger partial charge in [-0.15, -0.1) is 11.8 Å². The molecule has 98 valence electrons. The molecule has 4 heteroatoms. The van der Waals surface area contributed by atoms with Crippen LogP contribution >= 0.6 is 11.8 Å². The van der Waals surface area contributed by atoms with E-state index in [0.717, 1.165) is 17.9 Å². The molecule has 0 radical (unpaired) electrons. The van der Waals surface area contributed by atoms with Crippen molar-refractivity contribution in [3.8, 4) is 5.88 Å². The largest absolute Gasteiger partial charge is 0.480 e. The van der Waals surface area contributed by atoms with Crippen molar-refractivity contribution in [2.75, 3.05) is 18.2 Å². The van der Waals surface area contributed by atoms with Crippen molar-refractivity contribution in [3.05, 3.63) is 48.2 Å². The summed E-state index contributed by atoms with van der Waals surface area (Å²) in [5.41, 5.74) is 2.32. The predicted molar refractivity (Wildman–Crippen MR) is 78.9 cm³/mol. The minimum atomic E-state index is 0.329. The molecule has 3 nitrogen and oxygen atoms in total. The molecule has 1 atom stereocenters.